The maximum Gasteiger partial charge on any atom is 0.107 e. The molecule has 0 saturated heterocycles. The quantitative estimate of drug-likeness (QED) is 0.680. The molecule has 3 heterocycles. The zero-order valence-electron chi connectivity index (χ0n) is 14.2. The van der Waals surface area contributed by atoms with E-state index in [1.165, 1.54) is 11.3 Å². The van der Waals surface area contributed by atoms with E-state index in [-0.39, 0.29) is 5.92 Å². The number of benzene rings is 1. The van der Waals surface area contributed by atoms with E-state index in [9.17, 15) is 0 Å². The fraction of sp³-hybridized carbons (Fsp3) is 0.389. The fourth-order valence-electron chi connectivity index (χ4n) is 3.36. The molecule has 4 rings (SSSR count). The van der Waals surface area contributed by atoms with Crippen molar-refractivity contribution in [2.75, 3.05) is 13.2 Å². The SMILES string of the molecule is Cn1nnc2c1C(COCc1ccccc1)CN(Cc1nccs1)C2. The highest BCUT2D eigenvalue weighted by molar-refractivity contribution is 7.09. The highest BCUT2D eigenvalue weighted by Gasteiger charge is 2.30. The number of aromatic nitrogens is 4. The maximum absolute atomic E-state index is 6.02. The van der Waals surface area contributed by atoms with Gasteiger partial charge in [-0.25, -0.2) is 4.98 Å². The number of nitrogens with zero attached hydrogens (tertiary/aromatic N) is 5. The van der Waals surface area contributed by atoms with Gasteiger partial charge in [0.15, 0.2) is 0 Å². The number of fused-ring (bicyclic) bond motifs is 1. The van der Waals surface area contributed by atoms with E-state index in [4.69, 9.17) is 4.74 Å². The van der Waals surface area contributed by atoms with Crippen LogP contribution in [0.4, 0.5) is 0 Å². The van der Waals surface area contributed by atoms with E-state index in [1.54, 1.807) is 11.3 Å². The molecule has 2 aromatic heterocycles. The van der Waals surface area contributed by atoms with Gasteiger partial charge in [-0.3, -0.25) is 9.58 Å². The number of hydrogen-bond acceptors (Lipinski definition) is 6. The lowest BCUT2D eigenvalue weighted by Crippen LogP contribution is -2.36. The molecule has 6 nitrogen and oxygen atoms in total. The molecule has 0 aliphatic carbocycles. The fourth-order valence-corrected chi connectivity index (χ4v) is 4.02. The summed E-state index contributed by atoms with van der Waals surface area (Å²) >= 11 is 1.69. The standard InChI is InChI=1S/C18H21N5OS/c1-22-18-15(13-24-12-14-5-3-2-4-6-14)9-23(10-16(18)20-21-22)11-17-19-7-8-25-17/h2-8,15H,9-13H2,1H3. The molecule has 0 fully saturated rings. The van der Waals surface area contributed by atoms with Crippen molar-refractivity contribution >= 4 is 11.3 Å². The van der Waals surface area contributed by atoms with Crippen LogP contribution in [0.25, 0.3) is 0 Å². The zero-order valence-corrected chi connectivity index (χ0v) is 15.0. The Morgan fingerprint density at radius 3 is 2.96 bits per heavy atom. The van der Waals surface area contributed by atoms with Gasteiger partial charge in [0.05, 0.1) is 25.5 Å². The molecule has 7 heteroatoms. The minimum absolute atomic E-state index is 0.271. The Morgan fingerprint density at radius 1 is 1.28 bits per heavy atom. The highest BCUT2D eigenvalue weighted by atomic mass is 32.1. The van der Waals surface area contributed by atoms with Gasteiger partial charge in [0, 0.05) is 37.6 Å². The van der Waals surface area contributed by atoms with Crippen LogP contribution in [-0.2, 0) is 31.5 Å². The molecule has 1 unspecified atom stereocenters. The van der Waals surface area contributed by atoms with Crippen molar-refractivity contribution in [1.82, 2.24) is 24.9 Å². The van der Waals surface area contributed by atoms with Crippen LogP contribution in [0.5, 0.6) is 0 Å². The second kappa shape index (κ2) is 7.43. The van der Waals surface area contributed by atoms with Gasteiger partial charge in [0.25, 0.3) is 0 Å². The molecular formula is C18H21N5OS. The molecule has 0 radical (unpaired) electrons. The summed E-state index contributed by atoms with van der Waals surface area (Å²) in [6.45, 7) is 3.89. The molecule has 0 bridgehead atoms. The summed E-state index contributed by atoms with van der Waals surface area (Å²) in [6, 6.07) is 10.3. The molecule has 0 spiro atoms. The summed E-state index contributed by atoms with van der Waals surface area (Å²) in [7, 11) is 1.96. The van der Waals surface area contributed by atoms with E-state index < -0.39 is 0 Å². The van der Waals surface area contributed by atoms with E-state index in [2.05, 4.69) is 32.3 Å². The highest BCUT2D eigenvalue weighted by Crippen LogP contribution is 2.28. The first kappa shape index (κ1) is 16.4. The number of ether oxygens (including phenoxy) is 1. The van der Waals surface area contributed by atoms with Gasteiger partial charge in [-0.05, 0) is 5.56 Å². The van der Waals surface area contributed by atoms with Crippen LogP contribution < -0.4 is 0 Å². The first-order chi connectivity index (χ1) is 12.3. The van der Waals surface area contributed by atoms with Crippen LogP contribution >= 0.6 is 11.3 Å². The van der Waals surface area contributed by atoms with Crippen LogP contribution in [0.3, 0.4) is 0 Å². The Labute approximate surface area is 151 Å². The monoisotopic (exact) mass is 355 g/mol. The smallest absolute Gasteiger partial charge is 0.107 e. The molecular weight excluding hydrogens is 334 g/mol. The van der Waals surface area contributed by atoms with Crippen molar-refractivity contribution in [3.8, 4) is 0 Å². The zero-order chi connectivity index (χ0) is 17.1. The molecule has 1 atom stereocenters. The largest absolute Gasteiger partial charge is 0.376 e. The van der Waals surface area contributed by atoms with Crippen molar-refractivity contribution in [3.05, 3.63) is 63.9 Å². The predicted octanol–water partition coefficient (Wildman–Crippen LogP) is 2.59. The summed E-state index contributed by atoms with van der Waals surface area (Å²) in [6.07, 6.45) is 1.86. The number of rotatable bonds is 6. The van der Waals surface area contributed by atoms with Crippen LogP contribution in [0.2, 0.25) is 0 Å². The van der Waals surface area contributed by atoms with E-state index in [1.807, 2.05) is 41.5 Å². The van der Waals surface area contributed by atoms with Gasteiger partial charge in [-0.1, -0.05) is 35.5 Å². The third-order valence-corrected chi connectivity index (χ3v) is 5.22. The number of aryl methyl sites for hydroxylation is 1. The van der Waals surface area contributed by atoms with Gasteiger partial charge in [0.2, 0.25) is 0 Å². The topological polar surface area (TPSA) is 56.1 Å². The van der Waals surface area contributed by atoms with Gasteiger partial charge >= 0.3 is 0 Å². The second-order valence-electron chi connectivity index (χ2n) is 6.34. The first-order valence-corrected chi connectivity index (χ1v) is 9.28. The molecule has 1 aromatic carbocycles. The van der Waals surface area contributed by atoms with Crippen molar-refractivity contribution in [1.29, 1.82) is 0 Å². The Kier molecular flexibility index (Phi) is 4.87. The molecule has 1 aliphatic heterocycles. The Balaban J connectivity index is 1.44. The van der Waals surface area contributed by atoms with Gasteiger partial charge in [-0.15, -0.1) is 16.4 Å². The van der Waals surface area contributed by atoms with Crippen molar-refractivity contribution < 1.29 is 4.74 Å². The van der Waals surface area contributed by atoms with Crippen LogP contribution in [0.15, 0.2) is 41.9 Å². The molecule has 25 heavy (non-hydrogen) atoms. The third kappa shape index (κ3) is 3.78. The Morgan fingerprint density at radius 2 is 2.16 bits per heavy atom. The van der Waals surface area contributed by atoms with Crippen molar-refractivity contribution in [3.63, 3.8) is 0 Å². The number of thiazole rings is 1. The Hall–Kier alpha value is -2.09. The summed E-state index contributed by atoms with van der Waals surface area (Å²) < 4.78 is 7.91. The summed E-state index contributed by atoms with van der Waals surface area (Å²) in [5.74, 6) is 0.271. The van der Waals surface area contributed by atoms with Crippen LogP contribution in [-0.4, -0.2) is 38.0 Å². The van der Waals surface area contributed by atoms with Gasteiger partial charge < -0.3 is 4.74 Å². The van der Waals surface area contributed by atoms with Crippen LogP contribution in [0, 0.1) is 0 Å². The lowest BCUT2D eigenvalue weighted by molar-refractivity contribution is 0.0829. The third-order valence-electron chi connectivity index (χ3n) is 4.46. The maximum atomic E-state index is 6.02. The van der Waals surface area contributed by atoms with Crippen LogP contribution in [0.1, 0.15) is 27.9 Å². The van der Waals surface area contributed by atoms with E-state index in [0.717, 1.165) is 30.3 Å². The molecule has 0 N–H and O–H groups in total. The summed E-state index contributed by atoms with van der Waals surface area (Å²) in [5.41, 5.74) is 3.45. The molecule has 0 amide bonds. The summed E-state index contributed by atoms with van der Waals surface area (Å²) in [5, 5.41) is 11.7. The average Bonchev–Trinajstić information content (AvgIpc) is 3.26. The van der Waals surface area contributed by atoms with Gasteiger partial charge in [-0.2, -0.15) is 0 Å². The second-order valence-corrected chi connectivity index (χ2v) is 7.32. The van der Waals surface area contributed by atoms with Crippen molar-refractivity contribution in [2.45, 2.75) is 25.6 Å². The van der Waals surface area contributed by atoms with Crippen molar-refractivity contribution in [2.24, 2.45) is 7.05 Å². The lowest BCUT2D eigenvalue weighted by atomic mass is 9.99. The average molecular weight is 355 g/mol. The van der Waals surface area contributed by atoms with E-state index >= 15 is 0 Å². The number of hydrogen-bond donors (Lipinski definition) is 0. The molecule has 0 saturated carbocycles. The van der Waals surface area contributed by atoms with E-state index in [0.29, 0.717) is 13.2 Å². The summed E-state index contributed by atoms with van der Waals surface area (Å²) in [4.78, 5) is 6.78. The molecule has 1 aliphatic rings. The molecule has 130 valence electrons. The first-order valence-electron chi connectivity index (χ1n) is 8.40. The van der Waals surface area contributed by atoms with Gasteiger partial charge in [0.1, 0.15) is 10.7 Å². The normalized spacial score (nSPS) is 17.6. The predicted molar refractivity (Wildman–Crippen MR) is 96.1 cm³/mol. The minimum atomic E-state index is 0.271. The molecule has 3 aromatic rings. The lowest BCUT2D eigenvalue weighted by Gasteiger charge is -2.31. The minimum Gasteiger partial charge on any atom is -0.376 e. The Bertz CT molecular complexity index is 802.